The summed E-state index contributed by atoms with van der Waals surface area (Å²) in [5, 5.41) is 13.8. The predicted molar refractivity (Wildman–Crippen MR) is 86.4 cm³/mol. The number of halogens is 2. The molecule has 0 radical (unpaired) electrons. The molecular formula is C18H13F2N3O2. The van der Waals surface area contributed by atoms with Crippen LogP contribution in [0.25, 0.3) is 0 Å². The van der Waals surface area contributed by atoms with E-state index in [1.165, 1.54) is 6.07 Å². The summed E-state index contributed by atoms with van der Waals surface area (Å²) < 4.78 is 26.2. The lowest BCUT2D eigenvalue weighted by atomic mass is 10.0. The zero-order valence-corrected chi connectivity index (χ0v) is 13.0. The molecule has 7 heteroatoms. The van der Waals surface area contributed by atoms with E-state index in [1.807, 2.05) is 6.07 Å². The van der Waals surface area contributed by atoms with Crippen LogP contribution in [0, 0.1) is 28.4 Å². The number of carbonyl (C=O) groups is 2. The maximum absolute atomic E-state index is 13.2. The van der Waals surface area contributed by atoms with Gasteiger partial charge in [-0.15, -0.1) is 0 Å². The first-order valence-corrected chi connectivity index (χ1v) is 7.53. The number of hydrogen-bond acceptors (Lipinski definition) is 3. The Morgan fingerprint density at radius 1 is 0.920 bits per heavy atom. The number of nitrogens with one attached hydrogen (secondary N) is 2. The van der Waals surface area contributed by atoms with Gasteiger partial charge in [0.2, 0.25) is 11.8 Å². The topological polar surface area (TPSA) is 82.0 Å². The largest absolute Gasteiger partial charge is 0.325 e. The molecule has 5 nitrogen and oxygen atoms in total. The van der Waals surface area contributed by atoms with Gasteiger partial charge in [-0.2, -0.15) is 5.26 Å². The third-order valence-corrected chi connectivity index (χ3v) is 4.07. The van der Waals surface area contributed by atoms with Crippen molar-refractivity contribution in [2.75, 3.05) is 10.6 Å². The van der Waals surface area contributed by atoms with Gasteiger partial charge in [0.15, 0.2) is 11.6 Å². The summed E-state index contributed by atoms with van der Waals surface area (Å²) in [5.74, 6) is -3.13. The molecule has 1 saturated carbocycles. The van der Waals surface area contributed by atoms with E-state index in [1.54, 1.807) is 24.3 Å². The fraction of sp³-hybridized carbons (Fsp3) is 0.167. The van der Waals surface area contributed by atoms with E-state index in [9.17, 15) is 18.4 Å². The van der Waals surface area contributed by atoms with Crippen LogP contribution in [0.4, 0.5) is 20.2 Å². The standard InChI is InChI=1S/C18H13F2N3O2/c19-14-6-5-13(9-15(14)20)23-17(25)18(7-8-18)16(24)22-12-3-1-11(10-21)2-4-12/h1-6,9H,7-8H2,(H,22,24)(H,23,25). The first-order chi connectivity index (χ1) is 11.9. The van der Waals surface area contributed by atoms with E-state index in [0.717, 1.165) is 12.1 Å². The number of carbonyl (C=O) groups excluding carboxylic acids is 2. The smallest absolute Gasteiger partial charge is 0.240 e. The number of amides is 2. The van der Waals surface area contributed by atoms with Crippen molar-refractivity contribution in [2.24, 2.45) is 5.41 Å². The molecule has 1 aliphatic rings. The fourth-order valence-electron chi connectivity index (χ4n) is 2.39. The predicted octanol–water partition coefficient (Wildman–Crippen LogP) is 3.19. The maximum atomic E-state index is 13.2. The molecule has 0 atom stereocenters. The Labute approximate surface area is 142 Å². The van der Waals surface area contributed by atoms with Crippen LogP contribution in [0.5, 0.6) is 0 Å². The first-order valence-electron chi connectivity index (χ1n) is 7.53. The Balaban J connectivity index is 1.69. The summed E-state index contributed by atoms with van der Waals surface area (Å²) in [6.07, 6.45) is 0.731. The summed E-state index contributed by atoms with van der Waals surface area (Å²) >= 11 is 0. The Morgan fingerprint density at radius 3 is 2.00 bits per heavy atom. The van der Waals surface area contributed by atoms with E-state index < -0.39 is 28.9 Å². The molecule has 3 rings (SSSR count). The Kier molecular flexibility index (Phi) is 4.19. The van der Waals surface area contributed by atoms with Gasteiger partial charge in [0.25, 0.3) is 0 Å². The number of nitriles is 1. The van der Waals surface area contributed by atoms with Crippen molar-refractivity contribution in [1.82, 2.24) is 0 Å². The highest BCUT2D eigenvalue weighted by atomic mass is 19.2. The van der Waals surface area contributed by atoms with Crippen LogP contribution in [0.3, 0.4) is 0 Å². The van der Waals surface area contributed by atoms with Crippen LogP contribution in [0.1, 0.15) is 18.4 Å². The minimum absolute atomic E-state index is 0.0846. The molecule has 1 aliphatic carbocycles. The molecule has 0 aliphatic heterocycles. The van der Waals surface area contributed by atoms with Crippen molar-refractivity contribution in [3.63, 3.8) is 0 Å². The Bertz CT molecular complexity index is 884. The minimum atomic E-state index is -1.22. The van der Waals surface area contributed by atoms with Crippen LogP contribution in [-0.2, 0) is 9.59 Å². The molecule has 0 heterocycles. The van der Waals surface area contributed by atoms with Gasteiger partial charge in [-0.25, -0.2) is 8.78 Å². The molecule has 25 heavy (non-hydrogen) atoms. The highest BCUT2D eigenvalue weighted by Gasteiger charge is 2.56. The monoisotopic (exact) mass is 341 g/mol. The summed E-state index contributed by atoms with van der Waals surface area (Å²) in [6.45, 7) is 0. The quantitative estimate of drug-likeness (QED) is 0.838. The van der Waals surface area contributed by atoms with Gasteiger partial charge in [0.1, 0.15) is 5.41 Å². The van der Waals surface area contributed by atoms with Gasteiger partial charge >= 0.3 is 0 Å². The third kappa shape index (κ3) is 3.33. The van der Waals surface area contributed by atoms with Gasteiger partial charge in [-0.3, -0.25) is 9.59 Å². The van der Waals surface area contributed by atoms with E-state index in [0.29, 0.717) is 24.1 Å². The summed E-state index contributed by atoms with van der Waals surface area (Å²) in [4.78, 5) is 24.8. The van der Waals surface area contributed by atoms with Crippen molar-refractivity contribution < 1.29 is 18.4 Å². The molecule has 0 saturated heterocycles. The van der Waals surface area contributed by atoms with E-state index in [2.05, 4.69) is 10.6 Å². The number of anilines is 2. The van der Waals surface area contributed by atoms with Crippen molar-refractivity contribution >= 4 is 23.2 Å². The molecule has 0 aromatic heterocycles. The van der Waals surface area contributed by atoms with Crippen LogP contribution in [-0.4, -0.2) is 11.8 Å². The van der Waals surface area contributed by atoms with E-state index >= 15 is 0 Å². The second-order valence-corrected chi connectivity index (χ2v) is 5.81. The third-order valence-electron chi connectivity index (χ3n) is 4.07. The van der Waals surface area contributed by atoms with Gasteiger partial charge in [0, 0.05) is 17.4 Å². The molecule has 126 valence electrons. The Morgan fingerprint density at radius 2 is 1.48 bits per heavy atom. The van der Waals surface area contributed by atoms with Crippen LogP contribution < -0.4 is 10.6 Å². The second kappa shape index (κ2) is 6.32. The second-order valence-electron chi connectivity index (χ2n) is 5.81. The Hall–Kier alpha value is -3.27. The average molecular weight is 341 g/mol. The van der Waals surface area contributed by atoms with Gasteiger partial charge in [0.05, 0.1) is 11.6 Å². The highest BCUT2D eigenvalue weighted by molar-refractivity contribution is 6.16. The molecule has 0 bridgehead atoms. The molecule has 2 aromatic rings. The summed E-state index contributed by atoms with van der Waals surface area (Å²) in [5.41, 5.74) is -0.217. The van der Waals surface area contributed by atoms with Crippen molar-refractivity contribution in [3.8, 4) is 6.07 Å². The summed E-state index contributed by atoms with van der Waals surface area (Å²) in [7, 11) is 0. The highest BCUT2D eigenvalue weighted by Crippen LogP contribution is 2.47. The molecule has 1 fully saturated rings. The lowest BCUT2D eigenvalue weighted by Crippen LogP contribution is -2.35. The maximum Gasteiger partial charge on any atom is 0.240 e. The van der Waals surface area contributed by atoms with E-state index in [4.69, 9.17) is 5.26 Å². The number of hydrogen-bond donors (Lipinski definition) is 2. The zero-order valence-electron chi connectivity index (χ0n) is 13.0. The molecule has 2 N–H and O–H groups in total. The van der Waals surface area contributed by atoms with Crippen molar-refractivity contribution in [1.29, 1.82) is 5.26 Å². The van der Waals surface area contributed by atoms with Gasteiger partial charge in [-0.1, -0.05) is 0 Å². The van der Waals surface area contributed by atoms with Crippen molar-refractivity contribution in [2.45, 2.75) is 12.8 Å². The fourth-order valence-corrected chi connectivity index (χ4v) is 2.39. The average Bonchev–Trinajstić information content (AvgIpc) is 3.41. The lowest BCUT2D eigenvalue weighted by Gasteiger charge is -2.15. The van der Waals surface area contributed by atoms with Crippen LogP contribution >= 0.6 is 0 Å². The number of rotatable bonds is 4. The van der Waals surface area contributed by atoms with Gasteiger partial charge in [-0.05, 0) is 49.2 Å². The van der Waals surface area contributed by atoms with Crippen molar-refractivity contribution in [3.05, 3.63) is 59.7 Å². The number of benzene rings is 2. The lowest BCUT2D eigenvalue weighted by molar-refractivity contribution is -0.131. The minimum Gasteiger partial charge on any atom is -0.325 e. The van der Waals surface area contributed by atoms with E-state index in [-0.39, 0.29) is 5.69 Å². The SMILES string of the molecule is N#Cc1ccc(NC(=O)C2(C(=O)Nc3ccc(F)c(F)c3)CC2)cc1. The first kappa shape index (κ1) is 16.6. The zero-order chi connectivity index (χ0) is 18.0. The summed E-state index contributed by atoms with van der Waals surface area (Å²) in [6, 6.07) is 11.2. The number of nitrogens with zero attached hydrogens (tertiary/aromatic N) is 1. The molecule has 2 aromatic carbocycles. The van der Waals surface area contributed by atoms with Crippen LogP contribution in [0.2, 0.25) is 0 Å². The molecule has 0 unspecified atom stereocenters. The molecule has 0 spiro atoms. The normalized spacial score (nSPS) is 14.3. The molecular weight excluding hydrogens is 328 g/mol. The van der Waals surface area contributed by atoms with Crippen LogP contribution in [0.15, 0.2) is 42.5 Å². The molecule has 2 amide bonds. The van der Waals surface area contributed by atoms with Gasteiger partial charge < -0.3 is 10.6 Å².